The Morgan fingerprint density at radius 3 is 2.54 bits per heavy atom. The van der Waals surface area contributed by atoms with Crippen LogP contribution in [0.5, 0.6) is 0 Å². The van der Waals surface area contributed by atoms with Gasteiger partial charge in [-0.3, -0.25) is 9.59 Å². The average molecular weight is 532 g/mol. The number of rotatable bonds is 11. The highest BCUT2D eigenvalue weighted by Gasteiger charge is 2.27. The third kappa shape index (κ3) is 7.34. The second-order valence-electron chi connectivity index (χ2n) is 8.11. The van der Waals surface area contributed by atoms with E-state index in [9.17, 15) is 9.59 Å². The number of allylic oxidation sites excluding steroid dienone is 1. The van der Waals surface area contributed by atoms with Crippen LogP contribution < -0.4 is 10.6 Å². The lowest BCUT2D eigenvalue weighted by molar-refractivity contribution is -0.118. The van der Waals surface area contributed by atoms with Gasteiger partial charge >= 0.3 is 0 Å². The second-order valence-corrected chi connectivity index (χ2v) is 9.90. The minimum Gasteiger partial charge on any atom is -0.351 e. The molecule has 0 unspecified atom stereocenters. The molecule has 0 saturated carbocycles. The van der Waals surface area contributed by atoms with E-state index in [1.165, 1.54) is 17.8 Å². The van der Waals surface area contributed by atoms with E-state index >= 15 is 0 Å². The van der Waals surface area contributed by atoms with Crippen molar-refractivity contribution in [2.75, 3.05) is 5.75 Å². The van der Waals surface area contributed by atoms with E-state index in [-0.39, 0.29) is 28.5 Å². The highest BCUT2D eigenvalue weighted by Crippen LogP contribution is 2.27. The van der Waals surface area contributed by atoms with E-state index in [1.54, 1.807) is 18.2 Å². The van der Waals surface area contributed by atoms with Crippen molar-refractivity contribution in [3.8, 4) is 0 Å². The van der Waals surface area contributed by atoms with Gasteiger partial charge < -0.3 is 15.2 Å². The fourth-order valence-corrected chi connectivity index (χ4v) is 4.62. The smallest absolute Gasteiger partial charge is 0.253 e. The number of nitrogens with zero attached hydrogens (tertiary/aromatic N) is 3. The molecule has 1 aromatic heterocycles. The van der Waals surface area contributed by atoms with Crippen LogP contribution in [0.15, 0.2) is 66.3 Å². The van der Waals surface area contributed by atoms with Crippen LogP contribution in [-0.2, 0) is 17.9 Å². The van der Waals surface area contributed by atoms with Crippen LogP contribution in [0.1, 0.15) is 41.6 Å². The number of hydrogen-bond donors (Lipinski definition) is 2. The van der Waals surface area contributed by atoms with Crippen molar-refractivity contribution < 1.29 is 9.59 Å². The Bertz CT molecular complexity index is 1180. The molecule has 1 atom stereocenters. The first-order chi connectivity index (χ1) is 16.8. The maximum absolute atomic E-state index is 13.0. The number of carbonyl (C=O) groups excluding carboxylic acids is 2. The van der Waals surface area contributed by atoms with Crippen molar-refractivity contribution in [2.24, 2.45) is 5.92 Å². The third-order valence-corrected chi connectivity index (χ3v) is 6.64. The zero-order chi connectivity index (χ0) is 25.4. The minimum absolute atomic E-state index is 0.00446. The standard InChI is InChI=1S/C25H27Cl2N5O2S/c1-4-12-32-23(22(16(2)3)29-24(34)19-11-10-18(26)13-20(19)27)30-31-25(32)35-15-21(33)28-14-17-8-6-5-7-9-17/h4-11,13,16,22H,1,12,14-15H2,2-3H3,(H,28,33)(H,29,34)/t22-/m0/s1. The molecule has 184 valence electrons. The number of halogens is 2. The molecular formula is C25H27Cl2N5O2S. The number of thioether (sulfide) groups is 1. The molecule has 0 saturated heterocycles. The average Bonchev–Trinajstić information content (AvgIpc) is 3.22. The number of hydrogen-bond acceptors (Lipinski definition) is 5. The van der Waals surface area contributed by atoms with Gasteiger partial charge in [-0.05, 0) is 29.7 Å². The molecule has 1 heterocycles. The van der Waals surface area contributed by atoms with Crippen molar-refractivity contribution in [1.82, 2.24) is 25.4 Å². The molecule has 0 fully saturated rings. The van der Waals surface area contributed by atoms with Crippen LogP contribution in [0.25, 0.3) is 0 Å². The maximum Gasteiger partial charge on any atom is 0.253 e. The van der Waals surface area contributed by atoms with Gasteiger partial charge in [0.1, 0.15) is 0 Å². The van der Waals surface area contributed by atoms with Crippen LogP contribution in [0, 0.1) is 5.92 Å². The summed E-state index contributed by atoms with van der Waals surface area (Å²) in [5.41, 5.74) is 1.35. The van der Waals surface area contributed by atoms with Crippen molar-refractivity contribution in [3.05, 3.63) is 88.2 Å². The zero-order valence-corrected chi connectivity index (χ0v) is 21.8. The Balaban J connectivity index is 1.72. The van der Waals surface area contributed by atoms with E-state index in [1.807, 2.05) is 48.7 Å². The van der Waals surface area contributed by atoms with Gasteiger partial charge in [-0.2, -0.15) is 0 Å². The lowest BCUT2D eigenvalue weighted by Crippen LogP contribution is -2.34. The number of amides is 2. The fraction of sp³-hybridized carbons (Fsp3) is 0.280. The number of benzene rings is 2. The summed E-state index contributed by atoms with van der Waals surface area (Å²) in [7, 11) is 0. The second kappa shape index (κ2) is 12.8. The predicted octanol–water partition coefficient (Wildman–Crippen LogP) is 5.31. The van der Waals surface area contributed by atoms with Crippen LogP contribution in [0.4, 0.5) is 0 Å². The molecule has 7 nitrogen and oxygen atoms in total. The molecule has 2 aromatic carbocycles. The van der Waals surface area contributed by atoms with E-state index in [2.05, 4.69) is 27.4 Å². The molecule has 0 radical (unpaired) electrons. The monoisotopic (exact) mass is 531 g/mol. The first-order valence-corrected chi connectivity index (χ1v) is 12.8. The third-order valence-electron chi connectivity index (χ3n) is 5.13. The summed E-state index contributed by atoms with van der Waals surface area (Å²) >= 11 is 13.5. The van der Waals surface area contributed by atoms with E-state index in [0.717, 1.165) is 5.56 Å². The molecular weight excluding hydrogens is 505 g/mol. The SMILES string of the molecule is C=CCn1c(SCC(=O)NCc2ccccc2)nnc1[C@@H](NC(=O)c1ccc(Cl)cc1Cl)C(C)C. The lowest BCUT2D eigenvalue weighted by Gasteiger charge is -2.23. The molecule has 0 bridgehead atoms. The summed E-state index contributed by atoms with van der Waals surface area (Å²) in [4.78, 5) is 25.3. The van der Waals surface area contributed by atoms with Gasteiger partial charge in [-0.1, -0.05) is 85.2 Å². The van der Waals surface area contributed by atoms with Crippen molar-refractivity contribution >= 4 is 46.8 Å². The van der Waals surface area contributed by atoms with Crippen LogP contribution >= 0.6 is 35.0 Å². The summed E-state index contributed by atoms with van der Waals surface area (Å²) < 4.78 is 1.86. The van der Waals surface area contributed by atoms with Gasteiger partial charge in [0.15, 0.2) is 11.0 Å². The zero-order valence-electron chi connectivity index (χ0n) is 19.5. The first-order valence-electron chi connectivity index (χ1n) is 11.0. The summed E-state index contributed by atoms with van der Waals surface area (Å²) in [6, 6.07) is 14.0. The van der Waals surface area contributed by atoms with Gasteiger partial charge in [0.05, 0.1) is 22.4 Å². The van der Waals surface area contributed by atoms with Gasteiger partial charge in [0.25, 0.3) is 5.91 Å². The lowest BCUT2D eigenvalue weighted by atomic mass is 10.0. The largest absolute Gasteiger partial charge is 0.351 e. The molecule has 3 rings (SSSR count). The first kappa shape index (κ1) is 26.8. The molecule has 2 amide bonds. The predicted molar refractivity (Wildman–Crippen MR) is 141 cm³/mol. The van der Waals surface area contributed by atoms with E-state index in [0.29, 0.717) is 34.7 Å². The summed E-state index contributed by atoms with van der Waals surface area (Å²) in [6.07, 6.45) is 1.72. The quantitative estimate of drug-likeness (QED) is 0.258. The highest BCUT2D eigenvalue weighted by atomic mass is 35.5. The van der Waals surface area contributed by atoms with E-state index < -0.39 is 6.04 Å². The minimum atomic E-state index is -0.442. The highest BCUT2D eigenvalue weighted by molar-refractivity contribution is 7.99. The molecule has 3 aromatic rings. The normalized spacial score (nSPS) is 11.8. The number of carbonyl (C=O) groups is 2. The Hall–Kier alpha value is -2.81. The van der Waals surface area contributed by atoms with Crippen LogP contribution in [0.3, 0.4) is 0 Å². The van der Waals surface area contributed by atoms with Gasteiger partial charge in [-0.15, -0.1) is 16.8 Å². The molecule has 35 heavy (non-hydrogen) atoms. The maximum atomic E-state index is 13.0. The summed E-state index contributed by atoms with van der Waals surface area (Å²) in [5.74, 6) is 0.310. The summed E-state index contributed by atoms with van der Waals surface area (Å²) in [6.45, 7) is 8.67. The van der Waals surface area contributed by atoms with Crippen LogP contribution in [-0.4, -0.2) is 32.3 Å². The molecule has 0 aliphatic heterocycles. The number of aromatic nitrogens is 3. The van der Waals surface area contributed by atoms with Gasteiger partial charge in [0, 0.05) is 18.1 Å². The van der Waals surface area contributed by atoms with Crippen molar-refractivity contribution in [3.63, 3.8) is 0 Å². The van der Waals surface area contributed by atoms with Crippen molar-refractivity contribution in [2.45, 2.75) is 38.1 Å². The molecule has 0 aliphatic rings. The Labute approximate surface area is 219 Å². The Kier molecular flexibility index (Phi) is 9.77. The van der Waals surface area contributed by atoms with Crippen LogP contribution in [0.2, 0.25) is 10.0 Å². The number of nitrogens with one attached hydrogen (secondary N) is 2. The Morgan fingerprint density at radius 1 is 1.14 bits per heavy atom. The molecule has 0 aliphatic carbocycles. The molecule has 2 N–H and O–H groups in total. The summed E-state index contributed by atoms with van der Waals surface area (Å²) in [5, 5.41) is 15.8. The fourth-order valence-electron chi connectivity index (χ4n) is 3.34. The topological polar surface area (TPSA) is 88.9 Å². The Morgan fingerprint density at radius 2 is 1.89 bits per heavy atom. The molecule has 10 heteroatoms. The van der Waals surface area contributed by atoms with Gasteiger partial charge in [-0.25, -0.2) is 0 Å². The van der Waals surface area contributed by atoms with Gasteiger partial charge in [0.2, 0.25) is 5.91 Å². The van der Waals surface area contributed by atoms with Crippen molar-refractivity contribution in [1.29, 1.82) is 0 Å². The van der Waals surface area contributed by atoms with E-state index in [4.69, 9.17) is 23.2 Å². The molecule has 0 spiro atoms.